The molecule has 2 aromatic carbocycles. The Morgan fingerprint density at radius 2 is 1.67 bits per heavy atom. The van der Waals surface area contributed by atoms with Crippen molar-refractivity contribution >= 4 is 17.7 Å². The second kappa shape index (κ2) is 6.56. The van der Waals surface area contributed by atoms with Gasteiger partial charge in [0, 0.05) is 0 Å². The molecule has 108 valence electrons. The molecule has 0 aliphatic rings. The third kappa shape index (κ3) is 3.82. The largest absolute Gasteiger partial charge is 0.352 e. The summed E-state index contributed by atoms with van der Waals surface area (Å²) in [6, 6.07) is 15.3. The zero-order valence-corrected chi connectivity index (χ0v) is 11.7. The first-order valence-corrected chi connectivity index (χ1v) is 6.48. The molecule has 0 aliphatic heterocycles. The van der Waals surface area contributed by atoms with Crippen molar-refractivity contribution in [1.82, 2.24) is 0 Å². The molecule has 0 saturated carbocycles. The minimum Gasteiger partial charge on any atom is -0.349 e. The lowest BCUT2D eigenvalue weighted by Gasteiger charge is -2.20. The van der Waals surface area contributed by atoms with Crippen molar-refractivity contribution in [2.75, 3.05) is 5.06 Å². The molecule has 0 atom stereocenters. The van der Waals surface area contributed by atoms with Crippen LogP contribution in [0, 0.1) is 6.92 Å². The van der Waals surface area contributed by atoms with Gasteiger partial charge in [-0.3, -0.25) is 0 Å². The van der Waals surface area contributed by atoms with Gasteiger partial charge in [-0.15, -0.1) is 5.06 Å². The molecule has 0 bridgehead atoms. The highest BCUT2D eigenvalue weighted by Gasteiger charge is 2.19. The van der Waals surface area contributed by atoms with Crippen LogP contribution in [0.2, 0.25) is 0 Å². The predicted molar refractivity (Wildman–Crippen MR) is 79.5 cm³/mol. The van der Waals surface area contributed by atoms with Gasteiger partial charge in [-0.25, -0.2) is 9.59 Å². The Morgan fingerprint density at radius 1 is 1.05 bits per heavy atom. The molecule has 0 heterocycles. The Hall–Kier alpha value is -2.82. The Balaban J connectivity index is 2.12. The van der Waals surface area contributed by atoms with Crippen molar-refractivity contribution in [1.29, 1.82) is 0 Å². The molecule has 0 unspecified atom stereocenters. The summed E-state index contributed by atoms with van der Waals surface area (Å²) < 4.78 is 0. The molecule has 0 radical (unpaired) electrons. The lowest BCUT2D eigenvalue weighted by Crippen LogP contribution is -2.38. The molecule has 2 aromatic rings. The maximum atomic E-state index is 11.9. The van der Waals surface area contributed by atoms with E-state index in [4.69, 9.17) is 10.6 Å². The van der Waals surface area contributed by atoms with E-state index < -0.39 is 12.0 Å². The van der Waals surface area contributed by atoms with Crippen LogP contribution in [0.3, 0.4) is 0 Å². The number of para-hydroxylation sites is 1. The average molecular weight is 284 g/mol. The summed E-state index contributed by atoms with van der Waals surface area (Å²) in [6.45, 7) is 1.80. The van der Waals surface area contributed by atoms with Gasteiger partial charge < -0.3 is 10.6 Å². The summed E-state index contributed by atoms with van der Waals surface area (Å²) in [4.78, 5) is 28.6. The van der Waals surface area contributed by atoms with Crippen LogP contribution in [0.5, 0.6) is 0 Å². The van der Waals surface area contributed by atoms with E-state index in [1.54, 1.807) is 25.1 Å². The van der Waals surface area contributed by atoms with Crippen LogP contribution in [-0.4, -0.2) is 12.0 Å². The molecule has 21 heavy (non-hydrogen) atoms. The number of carbonyl (C=O) groups excluding carboxylic acids is 2. The molecule has 0 saturated heterocycles. The Morgan fingerprint density at radius 3 is 2.29 bits per heavy atom. The van der Waals surface area contributed by atoms with Crippen LogP contribution in [-0.2, 0) is 16.1 Å². The summed E-state index contributed by atoms with van der Waals surface area (Å²) in [6.07, 6.45) is 0.0660. The van der Waals surface area contributed by atoms with Gasteiger partial charge in [0.15, 0.2) is 0 Å². The van der Waals surface area contributed by atoms with E-state index >= 15 is 0 Å². The maximum absolute atomic E-state index is 11.9. The Kier molecular flexibility index (Phi) is 4.56. The molecular formula is C16H16N2O3. The van der Waals surface area contributed by atoms with Gasteiger partial charge in [0.1, 0.15) is 0 Å². The Labute approximate surface area is 122 Å². The van der Waals surface area contributed by atoms with Gasteiger partial charge in [-0.1, -0.05) is 48.5 Å². The second-order valence-electron chi connectivity index (χ2n) is 4.54. The number of hydrogen-bond donors (Lipinski definition) is 1. The fraction of sp³-hybridized carbons (Fsp3) is 0.125. The van der Waals surface area contributed by atoms with Crippen molar-refractivity contribution < 1.29 is 14.4 Å². The zero-order valence-electron chi connectivity index (χ0n) is 11.7. The number of hydrogen-bond acceptors (Lipinski definition) is 3. The van der Waals surface area contributed by atoms with Crippen LogP contribution < -0.4 is 10.8 Å². The van der Waals surface area contributed by atoms with Crippen LogP contribution in [0.4, 0.5) is 10.5 Å². The SMILES string of the molecule is Cc1ccccc1N(OC(=O)Cc1ccccc1)C(N)=O. The van der Waals surface area contributed by atoms with E-state index in [-0.39, 0.29) is 6.42 Å². The normalized spacial score (nSPS) is 9.95. The van der Waals surface area contributed by atoms with E-state index in [1.165, 1.54) is 0 Å². The first-order chi connectivity index (χ1) is 10.1. The molecule has 2 N–H and O–H groups in total. The van der Waals surface area contributed by atoms with Gasteiger partial charge in [0.25, 0.3) is 0 Å². The smallest absolute Gasteiger partial charge is 0.349 e. The highest BCUT2D eigenvalue weighted by atomic mass is 16.7. The van der Waals surface area contributed by atoms with Crippen LogP contribution in [0.1, 0.15) is 11.1 Å². The standard InChI is InChI=1S/C16H16N2O3/c1-12-7-5-6-10-14(12)18(16(17)20)21-15(19)11-13-8-3-2-4-9-13/h2-10H,11H2,1H3,(H2,17,20). The van der Waals surface area contributed by atoms with Crippen molar-refractivity contribution in [2.24, 2.45) is 5.73 Å². The first kappa shape index (κ1) is 14.6. The molecule has 0 spiro atoms. The lowest BCUT2D eigenvalue weighted by atomic mass is 10.2. The number of hydroxylamine groups is 1. The summed E-state index contributed by atoms with van der Waals surface area (Å²) in [5.74, 6) is -0.553. The fourth-order valence-corrected chi connectivity index (χ4v) is 1.90. The van der Waals surface area contributed by atoms with Crippen LogP contribution >= 0.6 is 0 Å². The monoisotopic (exact) mass is 284 g/mol. The first-order valence-electron chi connectivity index (χ1n) is 6.48. The number of carbonyl (C=O) groups is 2. The topological polar surface area (TPSA) is 72.6 Å². The molecule has 2 rings (SSSR count). The number of benzene rings is 2. The van der Waals surface area contributed by atoms with E-state index in [0.29, 0.717) is 5.69 Å². The van der Waals surface area contributed by atoms with Gasteiger partial charge in [0.2, 0.25) is 0 Å². The average Bonchev–Trinajstić information content (AvgIpc) is 2.46. The summed E-state index contributed by atoms with van der Waals surface area (Å²) >= 11 is 0. The second-order valence-corrected chi connectivity index (χ2v) is 4.54. The molecular weight excluding hydrogens is 268 g/mol. The highest BCUT2D eigenvalue weighted by molar-refractivity contribution is 5.91. The van der Waals surface area contributed by atoms with Gasteiger partial charge in [0.05, 0.1) is 12.1 Å². The van der Waals surface area contributed by atoms with Crippen molar-refractivity contribution in [3.63, 3.8) is 0 Å². The van der Waals surface area contributed by atoms with E-state index in [9.17, 15) is 9.59 Å². The molecule has 5 heteroatoms. The number of rotatable bonds is 3. The summed E-state index contributed by atoms with van der Waals surface area (Å²) in [7, 11) is 0. The number of urea groups is 1. The molecule has 0 aliphatic carbocycles. The third-order valence-electron chi connectivity index (χ3n) is 2.92. The predicted octanol–water partition coefficient (Wildman–Crippen LogP) is 2.58. The van der Waals surface area contributed by atoms with E-state index in [1.807, 2.05) is 36.4 Å². The van der Waals surface area contributed by atoms with Crippen LogP contribution in [0.15, 0.2) is 54.6 Å². The third-order valence-corrected chi connectivity index (χ3v) is 2.92. The molecule has 2 amide bonds. The maximum Gasteiger partial charge on any atom is 0.352 e. The zero-order chi connectivity index (χ0) is 15.2. The van der Waals surface area contributed by atoms with Crippen LogP contribution in [0.25, 0.3) is 0 Å². The molecule has 5 nitrogen and oxygen atoms in total. The van der Waals surface area contributed by atoms with Crippen molar-refractivity contribution in [3.05, 3.63) is 65.7 Å². The number of aryl methyl sites for hydroxylation is 1. The van der Waals surface area contributed by atoms with Crippen molar-refractivity contribution in [2.45, 2.75) is 13.3 Å². The van der Waals surface area contributed by atoms with Gasteiger partial charge in [-0.2, -0.15) is 0 Å². The number of nitrogens with zero attached hydrogens (tertiary/aromatic N) is 1. The summed E-state index contributed by atoms with van der Waals surface area (Å²) in [5.41, 5.74) is 7.32. The Bertz CT molecular complexity index is 641. The lowest BCUT2D eigenvalue weighted by molar-refractivity contribution is -0.143. The minimum absolute atomic E-state index is 0.0660. The number of nitrogens with two attached hydrogens (primary N) is 1. The minimum atomic E-state index is -0.842. The quantitative estimate of drug-likeness (QED) is 0.880. The molecule has 0 aromatic heterocycles. The number of amides is 2. The van der Waals surface area contributed by atoms with E-state index in [2.05, 4.69) is 0 Å². The van der Waals surface area contributed by atoms with Crippen molar-refractivity contribution in [3.8, 4) is 0 Å². The fourth-order valence-electron chi connectivity index (χ4n) is 1.90. The van der Waals surface area contributed by atoms with Gasteiger partial charge in [-0.05, 0) is 24.1 Å². The number of primary amides is 1. The number of anilines is 1. The molecule has 0 fully saturated rings. The van der Waals surface area contributed by atoms with Gasteiger partial charge >= 0.3 is 12.0 Å². The van der Waals surface area contributed by atoms with E-state index in [0.717, 1.165) is 16.2 Å². The summed E-state index contributed by atoms with van der Waals surface area (Å²) in [5, 5.41) is 0.820. The highest BCUT2D eigenvalue weighted by Crippen LogP contribution is 2.20.